The smallest absolute Gasteiger partial charge is 0.149 e. The van der Waals surface area contributed by atoms with E-state index in [-0.39, 0.29) is 6.54 Å². The Balaban J connectivity index is 2.85. The fraction of sp³-hybridized carbons (Fsp3) is 0.364. The van der Waals surface area contributed by atoms with Gasteiger partial charge in [-0.15, -0.1) is 0 Å². The van der Waals surface area contributed by atoms with Crippen molar-refractivity contribution in [1.29, 1.82) is 5.26 Å². The van der Waals surface area contributed by atoms with E-state index in [0.717, 1.165) is 10.2 Å². The van der Waals surface area contributed by atoms with Crippen LogP contribution in [0.2, 0.25) is 0 Å². The van der Waals surface area contributed by atoms with Gasteiger partial charge in [-0.3, -0.25) is 0 Å². The molecule has 17 heavy (non-hydrogen) atoms. The molecule has 1 rings (SSSR count). The highest BCUT2D eigenvalue weighted by atomic mass is 79.9. The van der Waals surface area contributed by atoms with Crippen molar-refractivity contribution in [2.75, 3.05) is 24.2 Å². The standard InChI is InChI=1S/C11H13BrN4O/c1-11(5-13,7-17)6-16-9-3-8(12)4-15-10(9)14-2/h3-4,7,16H,6H2,1-2H3,(H,14,15). The highest BCUT2D eigenvalue weighted by Crippen LogP contribution is 2.24. The molecule has 0 bridgehead atoms. The van der Waals surface area contributed by atoms with Crippen molar-refractivity contribution >= 4 is 33.7 Å². The molecule has 1 heterocycles. The molecule has 5 nitrogen and oxygen atoms in total. The summed E-state index contributed by atoms with van der Waals surface area (Å²) in [7, 11) is 1.75. The van der Waals surface area contributed by atoms with Gasteiger partial charge in [-0.2, -0.15) is 5.26 Å². The van der Waals surface area contributed by atoms with Crippen molar-refractivity contribution in [3.05, 3.63) is 16.7 Å². The number of aldehydes is 1. The quantitative estimate of drug-likeness (QED) is 0.813. The van der Waals surface area contributed by atoms with Crippen molar-refractivity contribution in [2.45, 2.75) is 6.92 Å². The van der Waals surface area contributed by atoms with E-state index in [9.17, 15) is 4.79 Å². The van der Waals surface area contributed by atoms with Gasteiger partial charge in [-0.25, -0.2) is 4.98 Å². The number of nitrogens with zero attached hydrogens (tertiary/aromatic N) is 2. The molecule has 1 unspecified atom stereocenters. The molecule has 1 aromatic rings. The molecule has 2 N–H and O–H groups in total. The molecule has 0 aliphatic heterocycles. The maximum absolute atomic E-state index is 10.8. The molecule has 1 aromatic heterocycles. The minimum Gasteiger partial charge on any atom is -0.380 e. The SMILES string of the molecule is CNc1ncc(Br)cc1NCC(C)(C#N)C=O. The van der Waals surface area contributed by atoms with Gasteiger partial charge in [0.05, 0.1) is 11.8 Å². The molecule has 6 heteroatoms. The van der Waals surface area contributed by atoms with Crippen LogP contribution in [0.3, 0.4) is 0 Å². The summed E-state index contributed by atoms with van der Waals surface area (Å²) in [5, 5.41) is 14.9. The lowest BCUT2D eigenvalue weighted by atomic mass is 9.95. The normalized spacial score (nSPS) is 13.3. The minimum absolute atomic E-state index is 0.236. The molecule has 90 valence electrons. The molecule has 0 saturated carbocycles. The third-order valence-electron chi connectivity index (χ3n) is 2.25. The third kappa shape index (κ3) is 3.43. The lowest BCUT2D eigenvalue weighted by Crippen LogP contribution is -2.26. The van der Waals surface area contributed by atoms with E-state index in [4.69, 9.17) is 5.26 Å². The molecular weight excluding hydrogens is 284 g/mol. The van der Waals surface area contributed by atoms with Crippen LogP contribution in [-0.4, -0.2) is 24.9 Å². The highest BCUT2D eigenvalue weighted by Gasteiger charge is 2.23. The largest absolute Gasteiger partial charge is 0.380 e. The Hall–Kier alpha value is -1.61. The van der Waals surface area contributed by atoms with Gasteiger partial charge in [0.15, 0.2) is 0 Å². The van der Waals surface area contributed by atoms with Crippen LogP contribution in [0.15, 0.2) is 16.7 Å². The van der Waals surface area contributed by atoms with Gasteiger partial charge in [-0.1, -0.05) is 0 Å². The average molecular weight is 297 g/mol. The topological polar surface area (TPSA) is 77.8 Å². The number of hydrogen-bond acceptors (Lipinski definition) is 5. The third-order valence-corrected chi connectivity index (χ3v) is 2.69. The summed E-state index contributed by atoms with van der Waals surface area (Å²) < 4.78 is 0.823. The van der Waals surface area contributed by atoms with E-state index in [1.165, 1.54) is 0 Å². The number of carbonyl (C=O) groups is 1. The number of anilines is 2. The van der Waals surface area contributed by atoms with Crippen molar-refractivity contribution in [3.8, 4) is 6.07 Å². The summed E-state index contributed by atoms with van der Waals surface area (Å²) in [5.74, 6) is 0.666. The molecule has 0 fully saturated rings. The van der Waals surface area contributed by atoms with Gasteiger partial charge in [0, 0.05) is 24.3 Å². The van der Waals surface area contributed by atoms with Crippen LogP contribution < -0.4 is 10.6 Å². The minimum atomic E-state index is -1.03. The number of rotatable bonds is 5. The zero-order chi connectivity index (χ0) is 12.9. The fourth-order valence-corrected chi connectivity index (χ4v) is 1.49. The fourth-order valence-electron chi connectivity index (χ4n) is 1.16. The summed E-state index contributed by atoms with van der Waals surface area (Å²) in [5.41, 5.74) is -0.293. The first-order valence-electron chi connectivity index (χ1n) is 4.99. The van der Waals surface area contributed by atoms with Crippen LogP contribution in [0.4, 0.5) is 11.5 Å². The van der Waals surface area contributed by atoms with Crippen LogP contribution >= 0.6 is 15.9 Å². The predicted molar refractivity (Wildman–Crippen MR) is 69.8 cm³/mol. The van der Waals surface area contributed by atoms with E-state index >= 15 is 0 Å². The molecule has 0 aliphatic carbocycles. The van der Waals surface area contributed by atoms with Crippen molar-refractivity contribution in [3.63, 3.8) is 0 Å². The van der Waals surface area contributed by atoms with Gasteiger partial charge >= 0.3 is 0 Å². The van der Waals surface area contributed by atoms with E-state index in [2.05, 4.69) is 31.5 Å². The van der Waals surface area contributed by atoms with Crippen molar-refractivity contribution in [1.82, 2.24) is 4.98 Å². The first-order chi connectivity index (χ1) is 8.04. The average Bonchev–Trinajstić information content (AvgIpc) is 2.36. The Bertz CT molecular complexity index is 457. The highest BCUT2D eigenvalue weighted by molar-refractivity contribution is 9.10. The number of carbonyl (C=O) groups excluding carboxylic acids is 1. The molecule has 0 aromatic carbocycles. The second kappa shape index (κ2) is 5.64. The number of halogens is 1. The summed E-state index contributed by atoms with van der Waals surface area (Å²) in [6.07, 6.45) is 2.31. The molecular formula is C11H13BrN4O. The summed E-state index contributed by atoms with van der Waals surface area (Å²) in [6, 6.07) is 3.80. The van der Waals surface area contributed by atoms with Crippen LogP contribution in [0.1, 0.15) is 6.92 Å². The van der Waals surface area contributed by atoms with E-state index in [1.54, 1.807) is 20.2 Å². The molecule has 0 saturated heterocycles. The first-order valence-corrected chi connectivity index (χ1v) is 5.78. The Morgan fingerprint density at radius 1 is 1.71 bits per heavy atom. The first kappa shape index (κ1) is 13.5. The van der Waals surface area contributed by atoms with Gasteiger partial charge in [0.1, 0.15) is 17.5 Å². The van der Waals surface area contributed by atoms with Crippen molar-refractivity contribution < 1.29 is 4.79 Å². The lowest BCUT2D eigenvalue weighted by Gasteiger charge is -2.17. The predicted octanol–water partition coefficient (Wildman–Crippen LogP) is 2.03. The second-order valence-corrected chi connectivity index (χ2v) is 4.72. The number of aromatic nitrogens is 1. The van der Waals surface area contributed by atoms with E-state index < -0.39 is 5.41 Å². The van der Waals surface area contributed by atoms with Gasteiger partial charge in [0.25, 0.3) is 0 Å². The van der Waals surface area contributed by atoms with Gasteiger partial charge < -0.3 is 15.4 Å². The number of nitrogens with one attached hydrogen (secondary N) is 2. The number of nitriles is 1. The Kier molecular flexibility index (Phi) is 4.46. The zero-order valence-electron chi connectivity index (χ0n) is 9.62. The lowest BCUT2D eigenvalue weighted by molar-refractivity contribution is -0.112. The van der Waals surface area contributed by atoms with E-state index in [0.29, 0.717) is 12.1 Å². The van der Waals surface area contributed by atoms with Crippen LogP contribution in [0.25, 0.3) is 0 Å². The Morgan fingerprint density at radius 3 is 2.94 bits per heavy atom. The maximum Gasteiger partial charge on any atom is 0.149 e. The summed E-state index contributed by atoms with van der Waals surface area (Å²) >= 11 is 3.32. The van der Waals surface area contributed by atoms with Crippen LogP contribution in [0.5, 0.6) is 0 Å². The van der Waals surface area contributed by atoms with Gasteiger partial charge in [-0.05, 0) is 28.9 Å². The summed E-state index contributed by atoms with van der Waals surface area (Å²) in [6.45, 7) is 1.82. The molecule has 1 atom stereocenters. The van der Waals surface area contributed by atoms with Crippen molar-refractivity contribution in [2.24, 2.45) is 5.41 Å². The Labute approximate surface area is 108 Å². The van der Waals surface area contributed by atoms with Gasteiger partial charge in [0.2, 0.25) is 0 Å². The molecule has 0 amide bonds. The molecule has 0 spiro atoms. The number of pyridine rings is 1. The van der Waals surface area contributed by atoms with Crippen LogP contribution in [-0.2, 0) is 4.79 Å². The Morgan fingerprint density at radius 2 is 2.41 bits per heavy atom. The monoisotopic (exact) mass is 296 g/mol. The molecule has 0 radical (unpaired) electrons. The van der Waals surface area contributed by atoms with E-state index in [1.807, 2.05) is 12.1 Å². The second-order valence-electron chi connectivity index (χ2n) is 3.80. The number of hydrogen-bond donors (Lipinski definition) is 2. The summed E-state index contributed by atoms with van der Waals surface area (Å²) in [4.78, 5) is 15.0. The maximum atomic E-state index is 10.8. The zero-order valence-corrected chi connectivity index (χ0v) is 11.2. The van der Waals surface area contributed by atoms with Crippen LogP contribution in [0, 0.1) is 16.7 Å². The molecule has 0 aliphatic rings.